The molecular formula is C11H14ClN3O. The lowest BCUT2D eigenvalue weighted by atomic mass is 10.3. The third kappa shape index (κ3) is 6.50. The van der Waals surface area contributed by atoms with Crippen molar-refractivity contribution in [3.05, 3.63) is 54.9 Å². The van der Waals surface area contributed by atoms with Crippen molar-refractivity contribution in [3.8, 4) is 0 Å². The van der Waals surface area contributed by atoms with Gasteiger partial charge in [0, 0.05) is 18.1 Å². The van der Waals surface area contributed by atoms with Crippen LogP contribution in [0.2, 0.25) is 0 Å². The normalized spacial score (nSPS) is 8.00. The van der Waals surface area contributed by atoms with E-state index in [1.165, 1.54) is 0 Å². The van der Waals surface area contributed by atoms with E-state index in [2.05, 4.69) is 10.3 Å². The van der Waals surface area contributed by atoms with Gasteiger partial charge in [0.25, 0.3) is 0 Å². The highest BCUT2D eigenvalue weighted by Crippen LogP contribution is 2.03. The molecule has 2 rings (SSSR count). The Kier molecular flexibility index (Phi) is 7.36. The monoisotopic (exact) mass is 239 g/mol. The summed E-state index contributed by atoms with van der Waals surface area (Å²) in [6.45, 7) is 0. The maximum atomic E-state index is 10.3. The van der Waals surface area contributed by atoms with E-state index >= 15 is 0 Å². The quantitative estimate of drug-likeness (QED) is 0.703. The number of para-hydroxylation sites is 1. The lowest BCUT2D eigenvalue weighted by molar-refractivity contribution is 0.259. The molecule has 0 aliphatic rings. The zero-order valence-corrected chi connectivity index (χ0v) is 9.41. The fraction of sp³-hybridized carbons (Fsp3) is 0. The van der Waals surface area contributed by atoms with E-state index < -0.39 is 6.03 Å². The van der Waals surface area contributed by atoms with Gasteiger partial charge in [-0.25, -0.2) is 4.79 Å². The molecule has 1 heterocycles. The Hall–Kier alpha value is -1.94. The molecule has 2 aromatic rings. The first-order valence-corrected chi connectivity index (χ1v) is 4.48. The highest BCUT2D eigenvalue weighted by atomic mass is 35.5. The molecule has 0 fully saturated rings. The Bertz CT molecular complexity index is 358. The summed E-state index contributed by atoms with van der Waals surface area (Å²) in [7, 11) is 0. The Balaban J connectivity index is 0.000000318. The molecule has 4 nitrogen and oxygen atoms in total. The van der Waals surface area contributed by atoms with E-state index in [-0.39, 0.29) is 12.4 Å². The van der Waals surface area contributed by atoms with Crippen molar-refractivity contribution in [1.29, 1.82) is 0 Å². The van der Waals surface area contributed by atoms with Crippen LogP contribution < -0.4 is 11.1 Å². The maximum Gasteiger partial charge on any atom is 0.316 e. The SMILES string of the molecule is Cl.NC(=O)Nc1ccccc1.c1cc[nH]c1. The number of aromatic nitrogens is 1. The van der Waals surface area contributed by atoms with E-state index in [0.29, 0.717) is 0 Å². The number of amides is 2. The van der Waals surface area contributed by atoms with Crippen LogP contribution in [0.5, 0.6) is 0 Å². The minimum atomic E-state index is -0.536. The number of halogens is 1. The highest BCUT2D eigenvalue weighted by molar-refractivity contribution is 5.87. The Morgan fingerprint density at radius 2 is 1.62 bits per heavy atom. The number of rotatable bonds is 1. The summed E-state index contributed by atoms with van der Waals surface area (Å²) < 4.78 is 0. The molecule has 0 spiro atoms. The second-order valence-corrected chi connectivity index (χ2v) is 2.74. The minimum absolute atomic E-state index is 0. The van der Waals surface area contributed by atoms with Crippen molar-refractivity contribution in [2.45, 2.75) is 0 Å². The number of hydrogen-bond donors (Lipinski definition) is 3. The molecule has 4 N–H and O–H groups in total. The van der Waals surface area contributed by atoms with Crippen LogP contribution in [0.25, 0.3) is 0 Å². The van der Waals surface area contributed by atoms with Gasteiger partial charge < -0.3 is 16.0 Å². The summed E-state index contributed by atoms with van der Waals surface area (Å²) in [5.74, 6) is 0. The number of nitrogens with two attached hydrogens (primary N) is 1. The molecule has 0 aliphatic carbocycles. The molecule has 16 heavy (non-hydrogen) atoms. The van der Waals surface area contributed by atoms with Crippen LogP contribution in [-0.4, -0.2) is 11.0 Å². The number of carbonyl (C=O) groups is 1. The van der Waals surface area contributed by atoms with Crippen LogP contribution in [0.1, 0.15) is 0 Å². The predicted octanol–water partition coefficient (Wildman–Crippen LogP) is 2.61. The number of anilines is 1. The van der Waals surface area contributed by atoms with Gasteiger partial charge in [-0.1, -0.05) is 18.2 Å². The fourth-order valence-corrected chi connectivity index (χ4v) is 0.942. The minimum Gasteiger partial charge on any atom is -0.368 e. The summed E-state index contributed by atoms with van der Waals surface area (Å²) in [6.07, 6.45) is 3.75. The Labute approximate surface area is 100 Å². The number of benzene rings is 1. The first-order chi connectivity index (χ1) is 7.29. The average molecular weight is 240 g/mol. The third-order valence-corrected chi connectivity index (χ3v) is 1.54. The molecule has 2 amide bonds. The largest absolute Gasteiger partial charge is 0.368 e. The van der Waals surface area contributed by atoms with Gasteiger partial charge in [0.15, 0.2) is 0 Å². The Morgan fingerprint density at radius 3 is 2.00 bits per heavy atom. The number of hydrogen-bond acceptors (Lipinski definition) is 1. The zero-order valence-electron chi connectivity index (χ0n) is 8.59. The highest BCUT2D eigenvalue weighted by Gasteiger charge is 1.90. The smallest absolute Gasteiger partial charge is 0.316 e. The van der Waals surface area contributed by atoms with Gasteiger partial charge in [0.2, 0.25) is 0 Å². The van der Waals surface area contributed by atoms with Crippen LogP contribution in [0, 0.1) is 0 Å². The van der Waals surface area contributed by atoms with Crippen molar-refractivity contribution in [1.82, 2.24) is 4.98 Å². The van der Waals surface area contributed by atoms with Gasteiger partial charge in [-0.3, -0.25) is 0 Å². The van der Waals surface area contributed by atoms with Crippen LogP contribution in [0.3, 0.4) is 0 Å². The number of nitrogens with one attached hydrogen (secondary N) is 2. The predicted molar refractivity (Wildman–Crippen MR) is 67.7 cm³/mol. The summed E-state index contributed by atoms with van der Waals surface area (Å²) >= 11 is 0. The molecule has 0 atom stereocenters. The van der Waals surface area contributed by atoms with Crippen molar-refractivity contribution in [3.63, 3.8) is 0 Å². The van der Waals surface area contributed by atoms with Gasteiger partial charge in [0.05, 0.1) is 0 Å². The molecule has 0 saturated carbocycles. The van der Waals surface area contributed by atoms with Crippen molar-refractivity contribution < 1.29 is 4.79 Å². The molecule has 0 bridgehead atoms. The first kappa shape index (κ1) is 14.1. The number of carbonyl (C=O) groups excluding carboxylic acids is 1. The van der Waals surface area contributed by atoms with Crippen molar-refractivity contribution in [2.24, 2.45) is 5.73 Å². The second kappa shape index (κ2) is 8.38. The summed E-state index contributed by atoms with van der Waals surface area (Å²) in [6, 6.07) is 12.4. The maximum absolute atomic E-state index is 10.3. The summed E-state index contributed by atoms with van der Waals surface area (Å²) in [4.78, 5) is 13.1. The average Bonchev–Trinajstić information content (AvgIpc) is 2.76. The molecule has 0 saturated heterocycles. The van der Waals surface area contributed by atoms with E-state index in [9.17, 15) is 4.79 Å². The van der Waals surface area contributed by atoms with Gasteiger partial charge in [-0.05, 0) is 24.3 Å². The van der Waals surface area contributed by atoms with Crippen LogP contribution in [0.4, 0.5) is 10.5 Å². The summed E-state index contributed by atoms with van der Waals surface area (Å²) in [5, 5.41) is 2.44. The Morgan fingerprint density at radius 1 is 1.06 bits per heavy atom. The molecule has 0 radical (unpaired) electrons. The topological polar surface area (TPSA) is 70.9 Å². The molecule has 1 aromatic carbocycles. The van der Waals surface area contributed by atoms with Crippen molar-refractivity contribution >= 4 is 24.1 Å². The summed E-state index contributed by atoms with van der Waals surface area (Å²) in [5.41, 5.74) is 5.59. The molecule has 5 heteroatoms. The van der Waals surface area contributed by atoms with E-state index in [4.69, 9.17) is 5.73 Å². The standard InChI is InChI=1S/C7H8N2O.C4H5N.ClH/c8-7(10)9-6-4-2-1-3-5-6;1-2-4-5-3-1;/h1-5H,(H3,8,9,10);1-5H;1H. The zero-order chi connectivity index (χ0) is 10.9. The van der Waals surface area contributed by atoms with Crippen LogP contribution >= 0.6 is 12.4 Å². The van der Waals surface area contributed by atoms with Gasteiger partial charge in [-0.15, -0.1) is 12.4 Å². The van der Waals surface area contributed by atoms with Crippen LogP contribution in [0.15, 0.2) is 54.9 Å². The van der Waals surface area contributed by atoms with Gasteiger partial charge in [-0.2, -0.15) is 0 Å². The van der Waals surface area contributed by atoms with Crippen LogP contribution in [-0.2, 0) is 0 Å². The number of aromatic amines is 1. The van der Waals surface area contributed by atoms with E-state index in [1.807, 2.05) is 42.7 Å². The molecule has 1 aromatic heterocycles. The lowest BCUT2D eigenvalue weighted by Gasteiger charge is -1.97. The lowest BCUT2D eigenvalue weighted by Crippen LogP contribution is -2.18. The third-order valence-electron chi connectivity index (χ3n) is 1.54. The van der Waals surface area contributed by atoms with E-state index in [1.54, 1.807) is 12.1 Å². The fourth-order valence-electron chi connectivity index (χ4n) is 0.942. The van der Waals surface area contributed by atoms with Gasteiger partial charge >= 0.3 is 6.03 Å². The second-order valence-electron chi connectivity index (χ2n) is 2.74. The number of primary amides is 1. The number of H-pyrrole nitrogens is 1. The molecule has 86 valence electrons. The first-order valence-electron chi connectivity index (χ1n) is 4.48. The van der Waals surface area contributed by atoms with E-state index in [0.717, 1.165) is 5.69 Å². The number of urea groups is 1. The van der Waals surface area contributed by atoms with Crippen molar-refractivity contribution in [2.75, 3.05) is 5.32 Å². The van der Waals surface area contributed by atoms with Gasteiger partial charge in [0.1, 0.15) is 0 Å². The molecule has 0 unspecified atom stereocenters. The molecule has 0 aliphatic heterocycles. The molecular weight excluding hydrogens is 226 g/mol.